The van der Waals surface area contributed by atoms with Crippen LogP contribution in [-0.4, -0.2) is 31.2 Å². The summed E-state index contributed by atoms with van der Waals surface area (Å²) >= 11 is 0. The summed E-state index contributed by atoms with van der Waals surface area (Å²) in [4.78, 5) is 22.6. The molecular formula is C19H21NO5. The zero-order valence-electron chi connectivity index (χ0n) is 14.5. The first-order valence-electron chi connectivity index (χ1n) is 7.79. The normalized spacial score (nSPS) is 10.2. The highest BCUT2D eigenvalue weighted by Gasteiger charge is 2.13. The number of carboxylic acids is 1. The Hall–Kier alpha value is -3.02. The van der Waals surface area contributed by atoms with Crippen LogP contribution in [0.15, 0.2) is 36.4 Å². The lowest BCUT2D eigenvalue weighted by molar-refractivity contribution is -0.114. The van der Waals surface area contributed by atoms with Gasteiger partial charge in [-0.2, -0.15) is 0 Å². The molecule has 0 radical (unpaired) electrons. The molecule has 0 heterocycles. The molecule has 0 bridgehead atoms. The molecule has 0 aliphatic heterocycles. The number of aryl methyl sites for hydroxylation is 2. The first-order valence-corrected chi connectivity index (χ1v) is 7.79. The zero-order valence-corrected chi connectivity index (χ0v) is 14.5. The Morgan fingerprint density at radius 1 is 1.04 bits per heavy atom. The highest BCUT2D eigenvalue weighted by atomic mass is 16.5. The molecule has 132 valence electrons. The van der Waals surface area contributed by atoms with E-state index in [2.05, 4.69) is 5.32 Å². The second-order valence-corrected chi connectivity index (χ2v) is 5.54. The topological polar surface area (TPSA) is 84.9 Å². The third kappa shape index (κ3) is 4.73. The fourth-order valence-electron chi connectivity index (χ4n) is 2.58. The molecular weight excluding hydrogens is 322 g/mol. The number of carboxylic acid groups (broad SMARTS) is 1. The Labute approximate surface area is 146 Å². The molecule has 2 N–H and O–H groups in total. The van der Waals surface area contributed by atoms with E-state index < -0.39 is 5.97 Å². The number of ether oxygens (including phenoxy) is 2. The van der Waals surface area contributed by atoms with Crippen LogP contribution in [0.5, 0.6) is 11.5 Å². The van der Waals surface area contributed by atoms with E-state index in [1.54, 1.807) is 26.4 Å². The number of aromatic carboxylic acids is 1. The maximum Gasteiger partial charge on any atom is 0.337 e. The van der Waals surface area contributed by atoms with E-state index in [1.165, 1.54) is 6.92 Å². The molecule has 2 rings (SSSR count). The van der Waals surface area contributed by atoms with Crippen molar-refractivity contribution >= 4 is 17.6 Å². The number of carbonyl (C=O) groups excluding carboxylic acids is 1. The van der Waals surface area contributed by atoms with Crippen molar-refractivity contribution in [1.82, 2.24) is 0 Å². The minimum Gasteiger partial charge on any atom is -0.497 e. The number of benzene rings is 2. The average molecular weight is 343 g/mol. The van der Waals surface area contributed by atoms with Gasteiger partial charge in [0.2, 0.25) is 5.91 Å². The lowest BCUT2D eigenvalue weighted by Crippen LogP contribution is -2.11. The molecule has 0 atom stereocenters. The number of methoxy groups -OCH3 is 2. The van der Waals surface area contributed by atoms with Gasteiger partial charge in [0.05, 0.1) is 25.5 Å². The second-order valence-electron chi connectivity index (χ2n) is 5.54. The van der Waals surface area contributed by atoms with Crippen molar-refractivity contribution < 1.29 is 24.2 Å². The lowest BCUT2D eigenvalue weighted by atomic mass is 10.0. The quantitative estimate of drug-likeness (QED) is 0.807. The molecule has 0 aliphatic carbocycles. The molecule has 0 fully saturated rings. The van der Waals surface area contributed by atoms with E-state index in [-0.39, 0.29) is 11.5 Å². The van der Waals surface area contributed by atoms with E-state index in [0.717, 1.165) is 22.6 Å². The standard InChI is InChI=1S/C19H21NO5/c1-12(21)20-17-8-5-13(10-16(17)19(22)23)4-6-14-11-15(24-2)7-9-18(14)25-3/h5,7-11H,4,6H2,1-3H3,(H,20,21)(H,22,23). The van der Waals surface area contributed by atoms with Crippen LogP contribution in [-0.2, 0) is 17.6 Å². The maximum atomic E-state index is 11.4. The van der Waals surface area contributed by atoms with Crippen LogP contribution in [0.1, 0.15) is 28.4 Å². The van der Waals surface area contributed by atoms with Crippen LogP contribution in [0.2, 0.25) is 0 Å². The van der Waals surface area contributed by atoms with E-state index in [1.807, 2.05) is 24.3 Å². The monoisotopic (exact) mass is 343 g/mol. The molecule has 2 aromatic carbocycles. The summed E-state index contributed by atoms with van der Waals surface area (Å²) in [6.07, 6.45) is 1.29. The SMILES string of the molecule is COc1ccc(OC)c(CCc2ccc(NC(C)=O)c(C(=O)O)c2)c1. The predicted octanol–water partition coefficient (Wildman–Crippen LogP) is 3.15. The van der Waals surface area contributed by atoms with Gasteiger partial charge in [-0.3, -0.25) is 4.79 Å². The van der Waals surface area contributed by atoms with Crippen molar-refractivity contribution in [3.63, 3.8) is 0 Å². The smallest absolute Gasteiger partial charge is 0.337 e. The van der Waals surface area contributed by atoms with Gasteiger partial charge in [-0.1, -0.05) is 6.07 Å². The molecule has 0 aromatic heterocycles. The van der Waals surface area contributed by atoms with Crippen molar-refractivity contribution in [3.8, 4) is 11.5 Å². The summed E-state index contributed by atoms with van der Waals surface area (Å²) in [5.74, 6) is 0.109. The molecule has 0 saturated heterocycles. The Kier molecular flexibility index (Phi) is 6.00. The van der Waals surface area contributed by atoms with Crippen molar-refractivity contribution in [2.45, 2.75) is 19.8 Å². The summed E-state index contributed by atoms with van der Waals surface area (Å²) < 4.78 is 10.6. The molecule has 2 aromatic rings. The predicted molar refractivity (Wildman–Crippen MR) is 94.7 cm³/mol. The summed E-state index contributed by atoms with van der Waals surface area (Å²) in [5, 5.41) is 11.9. The van der Waals surface area contributed by atoms with Crippen molar-refractivity contribution in [3.05, 3.63) is 53.1 Å². The molecule has 0 unspecified atom stereocenters. The number of anilines is 1. The number of amides is 1. The summed E-state index contributed by atoms with van der Waals surface area (Å²) in [5.41, 5.74) is 2.20. The van der Waals surface area contributed by atoms with Crippen LogP contribution in [0.3, 0.4) is 0 Å². The van der Waals surface area contributed by atoms with E-state index in [0.29, 0.717) is 18.5 Å². The zero-order chi connectivity index (χ0) is 18.4. The van der Waals surface area contributed by atoms with Crippen LogP contribution in [0, 0.1) is 0 Å². The average Bonchev–Trinajstić information content (AvgIpc) is 2.59. The van der Waals surface area contributed by atoms with E-state index in [4.69, 9.17) is 9.47 Å². The van der Waals surface area contributed by atoms with Gasteiger partial charge in [-0.25, -0.2) is 4.79 Å². The minimum atomic E-state index is -1.08. The van der Waals surface area contributed by atoms with Gasteiger partial charge in [0.25, 0.3) is 0 Å². The fraction of sp³-hybridized carbons (Fsp3) is 0.263. The Balaban J connectivity index is 2.22. The fourth-order valence-corrected chi connectivity index (χ4v) is 2.58. The summed E-state index contributed by atoms with van der Waals surface area (Å²) in [7, 11) is 3.21. The van der Waals surface area contributed by atoms with Gasteiger partial charge in [-0.15, -0.1) is 0 Å². The maximum absolute atomic E-state index is 11.4. The second kappa shape index (κ2) is 8.19. The van der Waals surface area contributed by atoms with Crippen LogP contribution in [0.25, 0.3) is 0 Å². The van der Waals surface area contributed by atoms with Crippen molar-refractivity contribution in [2.24, 2.45) is 0 Å². The summed E-state index contributed by atoms with van der Waals surface area (Å²) in [6, 6.07) is 10.6. The number of nitrogens with one attached hydrogen (secondary N) is 1. The van der Waals surface area contributed by atoms with Gasteiger partial charge in [-0.05, 0) is 54.3 Å². The van der Waals surface area contributed by atoms with Crippen molar-refractivity contribution in [1.29, 1.82) is 0 Å². The van der Waals surface area contributed by atoms with Gasteiger partial charge < -0.3 is 19.9 Å². The third-order valence-electron chi connectivity index (χ3n) is 3.80. The number of hydrogen-bond acceptors (Lipinski definition) is 4. The van der Waals surface area contributed by atoms with E-state index >= 15 is 0 Å². The number of carbonyl (C=O) groups is 2. The highest BCUT2D eigenvalue weighted by Crippen LogP contribution is 2.26. The van der Waals surface area contributed by atoms with Crippen molar-refractivity contribution in [2.75, 3.05) is 19.5 Å². The van der Waals surface area contributed by atoms with Gasteiger partial charge >= 0.3 is 5.97 Å². The minimum absolute atomic E-state index is 0.0744. The Morgan fingerprint density at radius 3 is 2.40 bits per heavy atom. The first kappa shape index (κ1) is 18.3. The highest BCUT2D eigenvalue weighted by molar-refractivity contribution is 6.00. The van der Waals surface area contributed by atoms with Crippen LogP contribution < -0.4 is 14.8 Å². The van der Waals surface area contributed by atoms with Crippen LogP contribution >= 0.6 is 0 Å². The first-order chi connectivity index (χ1) is 11.9. The van der Waals surface area contributed by atoms with Crippen LogP contribution in [0.4, 0.5) is 5.69 Å². The number of rotatable bonds is 7. The molecule has 25 heavy (non-hydrogen) atoms. The summed E-state index contributed by atoms with van der Waals surface area (Å²) in [6.45, 7) is 1.34. The molecule has 6 heteroatoms. The largest absolute Gasteiger partial charge is 0.497 e. The molecule has 0 spiro atoms. The van der Waals surface area contributed by atoms with Gasteiger partial charge in [0.15, 0.2) is 0 Å². The van der Waals surface area contributed by atoms with Gasteiger partial charge in [0, 0.05) is 6.92 Å². The molecule has 6 nitrogen and oxygen atoms in total. The molecule has 0 aliphatic rings. The number of hydrogen-bond donors (Lipinski definition) is 2. The van der Waals surface area contributed by atoms with Gasteiger partial charge in [0.1, 0.15) is 11.5 Å². The third-order valence-corrected chi connectivity index (χ3v) is 3.80. The molecule has 0 saturated carbocycles. The lowest BCUT2D eigenvalue weighted by Gasteiger charge is -2.12. The molecule has 1 amide bonds. The Morgan fingerprint density at radius 2 is 1.80 bits per heavy atom. The van der Waals surface area contributed by atoms with E-state index in [9.17, 15) is 14.7 Å². The Bertz CT molecular complexity index is 785.